The van der Waals surface area contributed by atoms with Gasteiger partial charge in [0.25, 0.3) is 0 Å². The van der Waals surface area contributed by atoms with E-state index in [1.54, 1.807) is 13.8 Å². The molecule has 2 atom stereocenters. The smallest absolute Gasteiger partial charge is 0.309 e. The summed E-state index contributed by atoms with van der Waals surface area (Å²) in [7, 11) is 0. The number of nitrogens with one attached hydrogen (secondary N) is 2. The number of halogens is 2. The molecule has 1 fully saturated rings. The maximum Gasteiger partial charge on any atom is 0.309 e. The molecule has 2 aromatic carbocycles. The highest BCUT2D eigenvalue weighted by Crippen LogP contribution is 2.38. The Labute approximate surface area is 242 Å². The van der Waals surface area contributed by atoms with Crippen LogP contribution in [0.2, 0.25) is 0 Å². The van der Waals surface area contributed by atoms with Crippen molar-refractivity contribution in [1.29, 1.82) is 0 Å². The van der Waals surface area contributed by atoms with E-state index in [4.69, 9.17) is 0 Å². The van der Waals surface area contributed by atoms with Crippen LogP contribution in [0, 0.1) is 17.0 Å². The second-order valence-corrected chi connectivity index (χ2v) is 13.3. The van der Waals surface area contributed by atoms with Crippen molar-refractivity contribution in [2.24, 2.45) is 5.41 Å². The third kappa shape index (κ3) is 9.07. The van der Waals surface area contributed by atoms with Gasteiger partial charge in [-0.2, -0.15) is 0 Å². The van der Waals surface area contributed by atoms with Gasteiger partial charge in [-0.25, -0.2) is 8.78 Å². The largest absolute Gasteiger partial charge is 0.481 e. The Bertz CT molecular complexity index is 1180. The average molecular weight is 573 g/mol. The van der Waals surface area contributed by atoms with Crippen LogP contribution in [0.3, 0.4) is 0 Å². The standard InChI is InChI=1S/C33H46F2N2O4/c1-31(2,3)23-10-9-11-24(19-23)33(13-7-6-8-14-33)36-21-28(38)27(18-22-16-25(34)20-26(35)17-22)37-29(39)12-15-32(4,5)30(40)41/h9-11,16-17,19-20,27-28,36,38H,6-8,12-15,18,21H2,1-5H3,(H,37,39)(H,40,41). The van der Waals surface area contributed by atoms with E-state index in [1.807, 2.05) is 0 Å². The molecule has 2 aromatic rings. The summed E-state index contributed by atoms with van der Waals surface area (Å²) in [6, 6.07) is 10.9. The van der Waals surface area contributed by atoms with Crippen LogP contribution in [0.25, 0.3) is 0 Å². The molecule has 226 valence electrons. The van der Waals surface area contributed by atoms with E-state index in [2.05, 4.69) is 55.7 Å². The predicted octanol–water partition coefficient (Wildman–Crippen LogP) is 5.99. The molecule has 1 amide bonds. The van der Waals surface area contributed by atoms with Crippen LogP contribution in [-0.2, 0) is 27.0 Å². The summed E-state index contributed by atoms with van der Waals surface area (Å²) in [6.45, 7) is 9.79. The number of rotatable bonds is 12. The molecular formula is C33H46F2N2O4. The number of carboxylic acid groups (broad SMARTS) is 1. The number of hydrogen-bond acceptors (Lipinski definition) is 4. The Balaban J connectivity index is 1.82. The minimum atomic E-state index is -1.09. The van der Waals surface area contributed by atoms with E-state index in [9.17, 15) is 28.6 Å². The molecule has 0 aliphatic heterocycles. The fraction of sp³-hybridized carbons (Fsp3) is 0.576. The fourth-order valence-electron chi connectivity index (χ4n) is 5.53. The third-order valence-electron chi connectivity index (χ3n) is 8.38. The minimum absolute atomic E-state index is 0.0120. The summed E-state index contributed by atoms with van der Waals surface area (Å²) in [6.07, 6.45) is 4.04. The molecular weight excluding hydrogens is 526 g/mol. The average Bonchev–Trinajstić information content (AvgIpc) is 2.90. The van der Waals surface area contributed by atoms with Gasteiger partial charge in [-0.05, 0) is 73.8 Å². The first-order chi connectivity index (χ1) is 19.1. The Kier molecular flexibility index (Phi) is 10.7. The number of amides is 1. The number of carbonyl (C=O) groups is 2. The van der Waals surface area contributed by atoms with Crippen molar-refractivity contribution in [3.8, 4) is 0 Å². The molecule has 8 heteroatoms. The van der Waals surface area contributed by atoms with Gasteiger partial charge in [-0.15, -0.1) is 0 Å². The first-order valence-corrected chi connectivity index (χ1v) is 14.6. The molecule has 6 nitrogen and oxygen atoms in total. The molecule has 0 aromatic heterocycles. The summed E-state index contributed by atoms with van der Waals surface area (Å²) in [5, 5.41) is 27.2. The number of carbonyl (C=O) groups excluding carboxylic acids is 1. The molecule has 2 unspecified atom stereocenters. The van der Waals surface area contributed by atoms with Crippen molar-refractivity contribution in [1.82, 2.24) is 10.6 Å². The molecule has 3 rings (SSSR count). The highest BCUT2D eigenvalue weighted by atomic mass is 19.1. The molecule has 1 saturated carbocycles. The number of aliphatic carboxylic acids is 1. The first-order valence-electron chi connectivity index (χ1n) is 14.6. The van der Waals surface area contributed by atoms with E-state index < -0.39 is 41.1 Å². The summed E-state index contributed by atoms with van der Waals surface area (Å²) in [5.74, 6) is -2.90. The molecule has 0 saturated heterocycles. The molecule has 0 radical (unpaired) electrons. The molecule has 1 aliphatic carbocycles. The van der Waals surface area contributed by atoms with E-state index in [1.165, 1.54) is 23.3 Å². The van der Waals surface area contributed by atoms with E-state index >= 15 is 0 Å². The van der Waals surface area contributed by atoms with Gasteiger partial charge in [0.2, 0.25) is 5.91 Å². The van der Waals surface area contributed by atoms with Crippen molar-refractivity contribution in [2.75, 3.05) is 6.54 Å². The highest BCUT2D eigenvalue weighted by molar-refractivity contribution is 5.78. The maximum absolute atomic E-state index is 14.0. The van der Waals surface area contributed by atoms with Gasteiger partial charge in [0, 0.05) is 24.6 Å². The molecule has 1 aliphatic rings. The van der Waals surface area contributed by atoms with Crippen LogP contribution in [0.15, 0.2) is 42.5 Å². The summed E-state index contributed by atoms with van der Waals surface area (Å²) >= 11 is 0. The van der Waals surface area contributed by atoms with Crippen LogP contribution >= 0.6 is 0 Å². The van der Waals surface area contributed by atoms with Gasteiger partial charge in [0.15, 0.2) is 0 Å². The third-order valence-corrected chi connectivity index (χ3v) is 8.38. The Morgan fingerprint density at radius 3 is 2.20 bits per heavy atom. The first kappa shape index (κ1) is 32.7. The van der Waals surface area contributed by atoms with Crippen molar-refractivity contribution >= 4 is 11.9 Å². The maximum atomic E-state index is 14.0. The van der Waals surface area contributed by atoms with E-state index in [-0.39, 0.29) is 36.8 Å². The van der Waals surface area contributed by atoms with Crippen molar-refractivity contribution in [2.45, 2.75) is 109 Å². The van der Waals surface area contributed by atoms with Crippen LogP contribution in [0.1, 0.15) is 96.3 Å². The van der Waals surface area contributed by atoms with Gasteiger partial charge < -0.3 is 20.8 Å². The van der Waals surface area contributed by atoms with Crippen LogP contribution < -0.4 is 10.6 Å². The monoisotopic (exact) mass is 572 g/mol. The number of aliphatic hydroxyl groups excluding tert-OH is 1. The molecule has 41 heavy (non-hydrogen) atoms. The second-order valence-electron chi connectivity index (χ2n) is 13.3. The Morgan fingerprint density at radius 2 is 1.61 bits per heavy atom. The fourth-order valence-corrected chi connectivity index (χ4v) is 5.53. The van der Waals surface area contributed by atoms with Gasteiger partial charge in [0.05, 0.1) is 17.6 Å². The van der Waals surface area contributed by atoms with Crippen molar-refractivity contribution < 1.29 is 28.6 Å². The zero-order chi connectivity index (χ0) is 30.4. The van der Waals surface area contributed by atoms with Crippen LogP contribution in [0.5, 0.6) is 0 Å². The molecule has 0 heterocycles. The molecule has 0 spiro atoms. The normalized spacial score (nSPS) is 17.1. The molecule has 0 bridgehead atoms. The van der Waals surface area contributed by atoms with Crippen LogP contribution in [0.4, 0.5) is 8.78 Å². The lowest BCUT2D eigenvalue weighted by atomic mass is 9.74. The van der Waals surface area contributed by atoms with Crippen molar-refractivity contribution in [3.05, 3.63) is 70.8 Å². The zero-order valence-electron chi connectivity index (χ0n) is 25.0. The topological polar surface area (TPSA) is 98.7 Å². The quantitative estimate of drug-likeness (QED) is 0.250. The van der Waals surface area contributed by atoms with Crippen LogP contribution in [-0.4, -0.2) is 40.8 Å². The summed E-state index contributed by atoms with van der Waals surface area (Å²) < 4.78 is 27.9. The summed E-state index contributed by atoms with van der Waals surface area (Å²) in [4.78, 5) is 24.4. The van der Waals surface area contributed by atoms with Crippen molar-refractivity contribution in [3.63, 3.8) is 0 Å². The summed E-state index contributed by atoms with van der Waals surface area (Å²) in [5.41, 5.74) is 1.25. The van der Waals surface area contributed by atoms with Gasteiger partial charge in [0.1, 0.15) is 11.6 Å². The van der Waals surface area contributed by atoms with E-state index in [0.717, 1.165) is 38.2 Å². The SMILES string of the molecule is CC(C)(CCC(=O)NC(Cc1cc(F)cc(F)c1)C(O)CNC1(c2cccc(C(C)(C)C)c2)CCCCC1)C(=O)O. The van der Waals surface area contributed by atoms with E-state index in [0.29, 0.717) is 5.56 Å². The number of benzene rings is 2. The number of aliphatic hydroxyl groups is 1. The van der Waals surface area contributed by atoms with Gasteiger partial charge in [-0.1, -0.05) is 64.3 Å². The van der Waals surface area contributed by atoms with Gasteiger partial charge in [-0.3, -0.25) is 9.59 Å². The lowest BCUT2D eigenvalue weighted by molar-refractivity contribution is -0.147. The van der Waals surface area contributed by atoms with Gasteiger partial charge >= 0.3 is 5.97 Å². The lowest BCUT2D eigenvalue weighted by Crippen LogP contribution is -2.53. The second kappa shape index (κ2) is 13.4. The molecule has 4 N–H and O–H groups in total. The predicted molar refractivity (Wildman–Crippen MR) is 157 cm³/mol. The lowest BCUT2D eigenvalue weighted by Gasteiger charge is -2.41. The zero-order valence-corrected chi connectivity index (χ0v) is 25.0. The number of carboxylic acids is 1. The highest BCUT2D eigenvalue weighted by Gasteiger charge is 2.36. The Morgan fingerprint density at radius 1 is 0.976 bits per heavy atom. The minimum Gasteiger partial charge on any atom is -0.481 e. The number of hydrogen-bond donors (Lipinski definition) is 4. The Hall–Kier alpha value is -2.84.